The molecule has 0 aliphatic carbocycles. The Hall–Kier alpha value is -1.50. The van der Waals surface area contributed by atoms with Crippen LogP contribution in [0.3, 0.4) is 0 Å². The van der Waals surface area contributed by atoms with Crippen molar-refractivity contribution in [2.75, 3.05) is 6.54 Å². The number of nitrogens with zero attached hydrogens (tertiary/aromatic N) is 3. The molecule has 1 fully saturated rings. The maximum atomic E-state index is 12.0. The van der Waals surface area contributed by atoms with Crippen molar-refractivity contribution in [3.05, 3.63) is 11.1 Å². The van der Waals surface area contributed by atoms with Crippen LogP contribution in [0.1, 0.15) is 29.4 Å². The Balaban J connectivity index is 2.27. The molecule has 0 aromatic carbocycles. The first-order chi connectivity index (χ1) is 7.55. The van der Waals surface area contributed by atoms with Gasteiger partial charge in [0.1, 0.15) is 10.4 Å². The number of carboxylic acids is 1. The molecule has 0 bridgehead atoms. The average Bonchev–Trinajstić information content (AvgIpc) is 2.85. The largest absolute Gasteiger partial charge is 0.480 e. The van der Waals surface area contributed by atoms with E-state index in [9.17, 15) is 9.59 Å². The molecule has 1 unspecified atom stereocenters. The van der Waals surface area contributed by atoms with Gasteiger partial charge in [0.25, 0.3) is 5.91 Å². The zero-order chi connectivity index (χ0) is 11.8. The lowest BCUT2D eigenvalue weighted by Gasteiger charge is -2.30. The molecule has 1 aromatic rings. The fourth-order valence-electron chi connectivity index (χ4n) is 1.91. The van der Waals surface area contributed by atoms with Gasteiger partial charge in [-0.2, -0.15) is 0 Å². The van der Waals surface area contributed by atoms with Crippen LogP contribution in [0.15, 0.2) is 6.20 Å². The summed E-state index contributed by atoms with van der Waals surface area (Å²) in [5.74, 6) is -1.26. The van der Waals surface area contributed by atoms with E-state index < -0.39 is 11.5 Å². The summed E-state index contributed by atoms with van der Waals surface area (Å²) in [5.41, 5.74) is -1.10. The molecule has 0 saturated carbocycles. The van der Waals surface area contributed by atoms with Gasteiger partial charge in [-0.05, 0) is 31.3 Å². The summed E-state index contributed by atoms with van der Waals surface area (Å²) in [6.07, 6.45) is 2.56. The predicted octanol–water partition coefficient (Wildman–Crippen LogP) is 0.617. The highest BCUT2D eigenvalue weighted by Crippen LogP contribution is 2.31. The van der Waals surface area contributed by atoms with Gasteiger partial charge in [0.15, 0.2) is 0 Å². The van der Waals surface area contributed by atoms with E-state index >= 15 is 0 Å². The highest BCUT2D eigenvalue weighted by molar-refractivity contribution is 7.07. The van der Waals surface area contributed by atoms with Crippen LogP contribution in [-0.2, 0) is 4.79 Å². The van der Waals surface area contributed by atoms with Gasteiger partial charge in [0.05, 0.1) is 6.20 Å². The fraction of sp³-hybridized carbons (Fsp3) is 0.556. The minimum absolute atomic E-state index is 0.294. The van der Waals surface area contributed by atoms with E-state index in [1.54, 1.807) is 6.92 Å². The van der Waals surface area contributed by atoms with Crippen LogP contribution in [0.5, 0.6) is 0 Å². The highest BCUT2D eigenvalue weighted by atomic mass is 32.1. The first-order valence-corrected chi connectivity index (χ1v) is 5.66. The van der Waals surface area contributed by atoms with Crippen molar-refractivity contribution in [2.45, 2.75) is 25.3 Å². The molecule has 0 radical (unpaired) electrons. The number of carboxylic acid groups (broad SMARTS) is 1. The number of rotatable bonds is 2. The maximum Gasteiger partial charge on any atom is 0.329 e. The van der Waals surface area contributed by atoms with Crippen molar-refractivity contribution in [1.29, 1.82) is 0 Å². The second-order valence-electron chi connectivity index (χ2n) is 3.92. The van der Waals surface area contributed by atoms with Crippen LogP contribution < -0.4 is 0 Å². The van der Waals surface area contributed by atoms with Crippen molar-refractivity contribution in [2.24, 2.45) is 0 Å². The number of carbonyl (C=O) groups excluding carboxylic acids is 1. The maximum absolute atomic E-state index is 12.0. The fourth-order valence-corrected chi connectivity index (χ4v) is 2.37. The van der Waals surface area contributed by atoms with Crippen molar-refractivity contribution < 1.29 is 14.7 Å². The molecule has 7 heteroatoms. The summed E-state index contributed by atoms with van der Waals surface area (Å²) in [6, 6.07) is 0. The summed E-state index contributed by atoms with van der Waals surface area (Å²) in [5, 5.41) is 12.7. The van der Waals surface area contributed by atoms with Crippen molar-refractivity contribution >= 4 is 23.4 Å². The van der Waals surface area contributed by atoms with E-state index in [0.29, 0.717) is 24.3 Å². The summed E-state index contributed by atoms with van der Waals surface area (Å²) < 4.78 is 3.60. The molecular weight excluding hydrogens is 230 g/mol. The van der Waals surface area contributed by atoms with Crippen LogP contribution in [0, 0.1) is 0 Å². The first kappa shape index (κ1) is 11.0. The Kier molecular flexibility index (Phi) is 2.63. The van der Waals surface area contributed by atoms with E-state index in [1.165, 1.54) is 11.1 Å². The Labute approximate surface area is 96.0 Å². The van der Waals surface area contributed by atoms with Gasteiger partial charge < -0.3 is 10.0 Å². The third-order valence-electron chi connectivity index (χ3n) is 2.92. The Morgan fingerprint density at radius 1 is 1.62 bits per heavy atom. The summed E-state index contributed by atoms with van der Waals surface area (Å²) in [4.78, 5) is 25.0. The van der Waals surface area contributed by atoms with E-state index in [1.807, 2.05) is 0 Å². The zero-order valence-electron chi connectivity index (χ0n) is 8.71. The van der Waals surface area contributed by atoms with Crippen molar-refractivity contribution in [3.8, 4) is 0 Å². The summed E-state index contributed by atoms with van der Waals surface area (Å²) in [6.45, 7) is 2.05. The van der Waals surface area contributed by atoms with Gasteiger partial charge in [0, 0.05) is 6.54 Å². The number of likely N-dealkylation sites (tertiary alicyclic amines) is 1. The van der Waals surface area contributed by atoms with Gasteiger partial charge in [0.2, 0.25) is 0 Å². The minimum Gasteiger partial charge on any atom is -0.480 e. The lowest BCUT2D eigenvalue weighted by atomic mass is 9.99. The van der Waals surface area contributed by atoms with E-state index in [2.05, 4.69) is 9.59 Å². The van der Waals surface area contributed by atoms with Crippen LogP contribution >= 0.6 is 11.5 Å². The standard InChI is InChI=1S/C9H11N3O3S/c1-9(8(14)15)3-2-4-12(9)7(13)6-5-10-11-16-6/h5H,2-4H2,1H3,(H,14,15). The molecular formula is C9H11N3O3S. The van der Waals surface area contributed by atoms with E-state index in [4.69, 9.17) is 5.11 Å². The number of hydrogen-bond acceptors (Lipinski definition) is 5. The average molecular weight is 241 g/mol. The van der Waals surface area contributed by atoms with Crippen LogP contribution in [0.2, 0.25) is 0 Å². The summed E-state index contributed by atoms with van der Waals surface area (Å²) in [7, 11) is 0. The smallest absolute Gasteiger partial charge is 0.329 e. The second-order valence-corrected chi connectivity index (χ2v) is 4.71. The molecule has 0 spiro atoms. The number of aliphatic carboxylic acids is 1. The molecule has 6 nitrogen and oxygen atoms in total. The highest BCUT2D eigenvalue weighted by Gasteiger charge is 2.46. The zero-order valence-corrected chi connectivity index (χ0v) is 9.53. The monoisotopic (exact) mass is 241 g/mol. The molecule has 1 saturated heterocycles. The SMILES string of the molecule is CC1(C(=O)O)CCCN1C(=O)c1cnns1. The van der Waals surface area contributed by atoms with Crippen molar-refractivity contribution in [3.63, 3.8) is 0 Å². The van der Waals surface area contributed by atoms with E-state index in [-0.39, 0.29) is 5.91 Å². The molecule has 1 aliphatic heterocycles. The quantitative estimate of drug-likeness (QED) is 0.820. The van der Waals surface area contributed by atoms with Gasteiger partial charge in [-0.3, -0.25) is 4.79 Å². The Bertz CT molecular complexity index is 420. The number of hydrogen-bond donors (Lipinski definition) is 1. The molecule has 1 aliphatic rings. The normalized spacial score (nSPS) is 24.7. The lowest BCUT2D eigenvalue weighted by molar-refractivity contribution is -0.147. The number of carbonyl (C=O) groups is 2. The van der Waals surface area contributed by atoms with Crippen molar-refractivity contribution in [1.82, 2.24) is 14.5 Å². The van der Waals surface area contributed by atoms with Crippen LogP contribution in [0.25, 0.3) is 0 Å². The van der Waals surface area contributed by atoms with Gasteiger partial charge >= 0.3 is 5.97 Å². The summed E-state index contributed by atoms with van der Waals surface area (Å²) >= 11 is 0.985. The molecule has 1 atom stereocenters. The Morgan fingerprint density at radius 3 is 2.94 bits per heavy atom. The molecule has 1 N–H and O–H groups in total. The molecule has 16 heavy (non-hydrogen) atoms. The van der Waals surface area contributed by atoms with Crippen LogP contribution in [-0.4, -0.2) is 43.6 Å². The molecule has 2 rings (SSSR count). The second kappa shape index (κ2) is 3.82. The third-order valence-corrected chi connectivity index (χ3v) is 3.57. The molecule has 86 valence electrons. The number of aromatic nitrogens is 2. The number of amides is 1. The first-order valence-electron chi connectivity index (χ1n) is 4.88. The lowest BCUT2D eigenvalue weighted by Crippen LogP contribution is -2.50. The topological polar surface area (TPSA) is 83.4 Å². The van der Waals surface area contributed by atoms with Gasteiger partial charge in [-0.1, -0.05) is 4.49 Å². The molecule has 1 amide bonds. The van der Waals surface area contributed by atoms with E-state index in [0.717, 1.165) is 11.5 Å². The van der Waals surface area contributed by atoms with Gasteiger partial charge in [-0.25, -0.2) is 4.79 Å². The third kappa shape index (κ3) is 1.57. The minimum atomic E-state index is -1.10. The predicted molar refractivity (Wildman–Crippen MR) is 56.2 cm³/mol. The Morgan fingerprint density at radius 2 is 2.38 bits per heavy atom. The molecule has 1 aromatic heterocycles. The molecule has 2 heterocycles. The van der Waals surface area contributed by atoms with Crippen LogP contribution in [0.4, 0.5) is 0 Å². The van der Waals surface area contributed by atoms with Gasteiger partial charge in [-0.15, -0.1) is 5.10 Å².